The van der Waals surface area contributed by atoms with Gasteiger partial charge in [-0.2, -0.15) is 5.10 Å². The molecule has 3 rings (SSSR count). The van der Waals surface area contributed by atoms with Crippen LogP contribution < -0.4 is 10.6 Å². The Morgan fingerprint density at radius 3 is 3.00 bits per heavy atom. The lowest BCUT2D eigenvalue weighted by Gasteiger charge is -2.35. The fraction of sp³-hybridized carbons (Fsp3) is 0.444. The summed E-state index contributed by atoms with van der Waals surface area (Å²) in [4.78, 5) is 30.9. The van der Waals surface area contributed by atoms with Gasteiger partial charge >= 0.3 is 0 Å². The van der Waals surface area contributed by atoms with Crippen molar-refractivity contribution in [3.63, 3.8) is 0 Å². The zero-order chi connectivity index (χ0) is 18.4. The predicted molar refractivity (Wildman–Crippen MR) is 96.0 cm³/mol. The molecule has 8 heteroatoms. The summed E-state index contributed by atoms with van der Waals surface area (Å²) in [5.74, 6) is -0.175. The maximum Gasteiger partial charge on any atom is 0.244 e. The molecule has 8 nitrogen and oxygen atoms in total. The number of nitrogens with zero attached hydrogens (tertiary/aromatic N) is 4. The minimum absolute atomic E-state index is 0.0267. The van der Waals surface area contributed by atoms with Crippen LogP contribution >= 0.6 is 0 Å². The van der Waals surface area contributed by atoms with E-state index in [1.165, 1.54) is 0 Å². The molecular weight excluding hydrogens is 332 g/mol. The lowest BCUT2D eigenvalue weighted by Crippen LogP contribution is -2.59. The maximum atomic E-state index is 12.6. The summed E-state index contributed by atoms with van der Waals surface area (Å²) in [6.07, 6.45) is 7.41. The minimum atomic E-state index is -0.493. The molecule has 1 fully saturated rings. The lowest BCUT2D eigenvalue weighted by molar-refractivity contribution is -0.141. The number of carbonyl (C=O) groups excluding carboxylic acids is 2. The maximum absolute atomic E-state index is 12.6. The second-order valence-electron chi connectivity index (χ2n) is 6.42. The molecule has 26 heavy (non-hydrogen) atoms. The van der Waals surface area contributed by atoms with Crippen LogP contribution in [0.1, 0.15) is 17.5 Å². The molecule has 138 valence electrons. The van der Waals surface area contributed by atoms with E-state index in [1.54, 1.807) is 28.2 Å². The Bertz CT molecular complexity index is 745. The Labute approximate surface area is 152 Å². The van der Waals surface area contributed by atoms with Crippen LogP contribution in [0.25, 0.3) is 0 Å². The van der Waals surface area contributed by atoms with Gasteiger partial charge in [-0.3, -0.25) is 19.3 Å². The highest BCUT2D eigenvalue weighted by Gasteiger charge is 2.31. The van der Waals surface area contributed by atoms with Gasteiger partial charge in [-0.05, 0) is 24.1 Å². The summed E-state index contributed by atoms with van der Waals surface area (Å²) in [6.45, 7) is 4.56. The van der Waals surface area contributed by atoms with Gasteiger partial charge in [0.25, 0.3) is 0 Å². The Balaban J connectivity index is 1.55. The first-order valence-corrected chi connectivity index (χ1v) is 8.79. The van der Waals surface area contributed by atoms with Crippen molar-refractivity contribution in [2.45, 2.75) is 32.5 Å². The van der Waals surface area contributed by atoms with Crippen molar-refractivity contribution in [2.24, 2.45) is 0 Å². The fourth-order valence-electron chi connectivity index (χ4n) is 2.99. The molecule has 0 aromatic carbocycles. The van der Waals surface area contributed by atoms with Gasteiger partial charge < -0.3 is 15.5 Å². The first kappa shape index (κ1) is 18.1. The largest absolute Gasteiger partial charge is 0.350 e. The number of hydrogen-bond acceptors (Lipinski definition) is 5. The number of piperazine rings is 1. The number of aryl methyl sites for hydroxylation is 2. The van der Waals surface area contributed by atoms with E-state index in [0.717, 1.165) is 11.1 Å². The van der Waals surface area contributed by atoms with Crippen molar-refractivity contribution in [2.75, 3.05) is 19.6 Å². The molecule has 2 N–H and O–H groups in total. The van der Waals surface area contributed by atoms with Gasteiger partial charge in [0.2, 0.25) is 11.8 Å². The highest BCUT2D eigenvalue weighted by Crippen LogP contribution is 2.08. The zero-order valence-corrected chi connectivity index (χ0v) is 14.9. The highest BCUT2D eigenvalue weighted by atomic mass is 16.2. The van der Waals surface area contributed by atoms with E-state index in [1.807, 2.05) is 25.3 Å². The molecule has 0 radical (unpaired) electrons. The van der Waals surface area contributed by atoms with E-state index in [2.05, 4.69) is 20.7 Å². The van der Waals surface area contributed by atoms with Gasteiger partial charge in [0.1, 0.15) is 6.04 Å². The first-order chi connectivity index (χ1) is 12.6. The number of carbonyl (C=O) groups is 2. The number of hydrogen-bond donors (Lipinski definition) is 2. The topological polar surface area (TPSA) is 92.2 Å². The Kier molecular flexibility index (Phi) is 5.96. The van der Waals surface area contributed by atoms with E-state index < -0.39 is 6.04 Å². The number of pyridine rings is 1. The third kappa shape index (κ3) is 4.66. The van der Waals surface area contributed by atoms with Crippen molar-refractivity contribution in [3.8, 4) is 0 Å². The van der Waals surface area contributed by atoms with Crippen LogP contribution in [0, 0.1) is 6.92 Å². The number of nitrogens with one attached hydrogen (secondary N) is 2. The number of amides is 2. The fourth-order valence-corrected chi connectivity index (χ4v) is 2.99. The average molecular weight is 356 g/mol. The minimum Gasteiger partial charge on any atom is -0.350 e. The first-order valence-electron chi connectivity index (χ1n) is 8.79. The van der Waals surface area contributed by atoms with Crippen LogP contribution in [-0.4, -0.2) is 57.2 Å². The monoisotopic (exact) mass is 356 g/mol. The molecule has 2 amide bonds. The second-order valence-corrected chi connectivity index (χ2v) is 6.42. The normalized spacial score (nSPS) is 17.1. The van der Waals surface area contributed by atoms with E-state index in [9.17, 15) is 9.59 Å². The van der Waals surface area contributed by atoms with Gasteiger partial charge in [0, 0.05) is 57.7 Å². The van der Waals surface area contributed by atoms with Crippen LogP contribution in [0.5, 0.6) is 0 Å². The molecule has 1 aliphatic rings. The van der Waals surface area contributed by atoms with Crippen molar-refractivity contribution in [1.82, 2.24) is 30.3 Å². The lowest BCUT2D eigenvalue weighted by atomic mass is 10.1. The molecule has 1 saturated heterocycles. The third-order valence-corrected chi connectivity index (χ3v) is 4.37. The third-order valence-electron chi connectivity index (χ3n) is 4.37. The van der Waals surface area contributed by atoms with Crippen molar-refractivity contribution in [3.05, 3.63) is 48.0 Å². The molecule has 3 heterocycles. The quantitative estimate of drug-likeness (QED) is 0.766. The van der Waals surface area contributed by atoms with Gasteiger partial charge in [-0.15, -0.1) is 0 Å². The molecule has 2 aromatic heterocycles. The van der Waals surface area contributed by atoms with Gasteiger partial charge in [-0.25, -0.2) is 0 Å². The van der Waals surface area contributed by atoms with E-state index in [-0.39, 0.29) is 11.8 Å². The Hall–Kier alpha value is -2.74. The van der Waals surface area contributed by atoms with Crippen LogP contribution in [0.4, 0.5) is 0 Å². The zero-order valence-electron chi connectivity index (χ0n) is 14.9. The van der Waals surface area contributed by atoms with Crippen LogP contribution in [-0.2, 0) is 22.7 Å². The second kappa shape index (κ2) is 8.57. The molecule has 0 bridgehead atoms. The van der Waals surface area contributed by atoms with E-state index in [0.29, 0.717) is 39.1 Å². The number of aromatic nitrogens is 3. The van der Waals surface area contributed by atoms with Crippen LogP contribution in [0.3, 0.4) is 0 Å². The number of rotatable bonds is 6. The molecule has 1 aliphatic heterocycles. The van der Waals surface area contributed by atoms with E-state index in [4.69, 9.17) is 0 Å². The van der Waals surface area contributed by atoms with Crippen molar-refractivity contribution < 1.29 is 9.59 Å². The van der Waals surface area contributed by atoms with Crippen molar-refractivity contribution >= 4 is 11.8 Å². The van der Waals surface area contributed by atoms with Gasteiger partial charge in [-0.1, -0.05) is 6.07 Å². The standard InChI is InChI=1S/C18H24N6O2/c1-14-9-22-23(13-14)7-4-17(25)24-8-6-20-12-16(24)18(26)21-11-15-3-2-5-19-10-15/h2-3,5,9-10,13,16,20H,4,6-8,11-12H2,1H3,(H,21,26)/t16-/m0/s1. The smallest absolute Gasteiger partial charge is 0.244 e. The van der Waals surface area contributed by atoms with Crippen molar-refractivity contribution in [1.29, 1.82) is 0 Å². The SMILES string of the molecule is Cc1cnn(CCC(=O)N2CCNC[C@H]2C(=O)NCc2cccnc2)c1. The van der Waals surface area contributed by atoms with Crippen LogP contribution in [0.15, 0.2) is 36.9 Å². The van der Waals surface area contributed by atoms with Gasteiger partial charge in [0.15, 0.2) is 0 Å². The summed E-state index contributed by atoms with van der Waals surface area (Å²) in [5, 5.41) is 10.3. The summed E-state index contributed by atoms with van der Waals surface area (Å²) in [6, 6.07) is 3.24. The highest BCUT2D eigenvalue weighted by molar-refractivity contribution is 5.88. The summed E-state index contributed by atoms with van der Waals surface area (Å²) in [5.41, 5.74) is 1.99. The van der Waals surface area contributed by atoms with E-state index >= 15 is 0 Å². The van der Waals surface area contributed by atoms with Gasteiger partial charge in [0.05, 0.1) is 6.20 Å². The molecule has 0 spiro atoms. The molecule has 1 atom stereocenters. The Morgan fingerprint density at radius 1 is 1.38 bits per heavy atom. The molecule has 0 aliphatic carbocycles. The van der Waals surface area contributed by atoms with Crippen LogP contribution in [0.2, 0.25) is 0 Å². The summed E-state index contributed by atoms with van der Waals surface area (Å²) in [7, 11) is 0. The molecule has 2 aromatic rings. The predicted octanol–water partition coefficient (Wildman–Crippen LogP) is 0.0934. The average Bonchev–Trinajstić information content (AvgIpc) is 3.10. The summed E-state index contributed by atoms with van der Waals surface area (Å²) < 4.78 is 1.76. The molecule has 0 saturated carbocycles. The molecule has 0 unspecified atom stereocenters. The molecular formula is C18H24N6O2. The summed E-state index contributed by atoms with van der Waals surface area (Å²) >= 11 is 0. The Morgan fingerprint density at radius 2 is 2.27 bits per heavy atom.